The maximum atomic E-state index is 12.3. The third-order valence-electron chi connectivity index (χ3n) is 2.95. The van der Waals surface area contributed by atoms with E-state index in [0.29, 0.717) is 11.6 Å². The number of alkyl halides is 3. The van der Waals surface area contributed by atoms with Gasteiger partial charge in [0.15, 0.2) is 0 Å². The molecular weight excluding hydrogens is 287 g/mol. The maximum Gasteiger partial charge on any atom is 0.481 e. The van der Waals surface area contributed by atoms with Gasteiger partial charge in [-0.25, -0.2) is 4.79 Å². The topological polar surface area (TPSA) is 58.6 Å². The second-order valence-electron chi connectivity index (χ2n) is 4.37. The van der Waals surface area contributed by atoms with E-state index in [1.54, 1.807) is 6.92 Å². The molecule has 116 valence electrons. The zero-order valence-electron chi connectivity index (χ0n) is 11.8. The first kappa shape index (κ1) is 16.9. The van der Waals surface area contributed by atoms with E-state index in [1.807, 2.05) is 6.92 Å². The van der Waals surface area contributed by atoms with Crippen LogP contribution in [0.2, 0.25) is 0 Å². The summed E-state index contributed by atoms with van der Waals surface area (Å²) in [6, 6.07) is 2.47. The average molecular weight is 303 g/mol. The minimum atomic E-state index is -4.59. The Bertz CT molecular complexity index is 651. The summed E-state index contributed by atoms with van der Waals surface area (Å²) in [5.41, 5.74) is 0.647. The van der Waals surface area contributed by atoms with Crippen molar-refractivity contribution >= 4 is 17.7 Å². The Labute approximate surface area is 119 Å². The van der Waals surface area contributed by atoms with Gasteiger partial charge in [-0.3, -0.25) is 0 Å². The Morgan fingerprint density at radius 3 is 2.48 bits per heavy atom. The van der Waals surface area contributed by atoms with Gasteiger partial charge in [0.2, 0.25) is 0 Å². The van der Waals surface area contributed by atoms with E-state index in [-0.39, 0.29) is 16.5 Å². The molecule has 0 aliphatic heterocycles. The average Bonchev–Trinajstić information content (AvgIpc) is 2.42. The predicted molar refractivity (Wildman–Crippen MR) is 72.2 cm³/mol. The van der Waals surface area contributed by atoms with Gasteiger partial charge in [0, 0.05) is 16.6 Å². The summed E-state index contributed by atoms with van der Waals surface area (Å²) in [7, 11) is 1.34. The number of carboxylic acids is 1. The molecule has 0 heterocycles. The molecule has 4 nitrogen and oxygen atoms in total. The lowest BCUT2D eigenvalue weighted by molar-refractivity contribution is -0.143. The van der Waals surface area contributed by atoms with Crippen molar-refractivity contribution in [3.05, 3.63) is 28.1 Å². The first-order chi connectivity index (χ1) is 9.69. The molecule has 21 heavy (non-hydrogen) atoms. The molecule has 0 atom stereocenters. The van der Waals surface area contributed by atoms with Crippen molar-refractivity contribution in [1.82, 2.24) is 5.32 Å². The highest BCUT2D eigenvalue weighted by molar-refractivity contribution is 5.88. The fourth-order valence-electron chi connectivity index (χ4n) is 1.83. The van der Waals surface area contributed by atoms with Gasteiger partial charge in [0.1, 0.15) is 5.75 Å². The van der Waals surface area contributed by atoms with Gasteiger partial charge in [0.05, 0.1) is 12.7 Å². The van der Waals surface area contributed by atoms with Crippen LogP contribution in [0.25, 0.3) is 11.8 Å². The van der Waals surface area contributed by atoms with E-state index in [2.05, 4.69) is 0 Å². The molecule has 0 spiro atoms. The van der Waals surface area contributed by atoms with Crippen LogP contribution in [0.5, 0.6) is 5.75 Å². The van der Waals surface area contributed by atoms with Crippen LogP contribution in [-0.2, 0) is 0 Å². The molecule has 1 rings (SSSR count). The third-order valence-corrected chi connectivity index (χ3v) is 2.95. The number of halogens is 3. The van der Waals surface area contributed by atoms with Gasteiger partial charge >= 0.3 is 12.3 Å². The number of nitrogens with one attached hydrogen (secondary N) is 1. The van der Waals surface area contributed by atoms with Crippen molar-refractivity contribution in [2.75, 3.05) is 7.11 Å². The Kier molecular flexibility index (Phi) is 5.23. The summed E-state index contributed by atoms with van der Waals surface area (Å²) in [4.78, 5) is 11.1. The lowest BCUT2D eigenvalue weighted by Crippen LogP contribution is -2.35. The standard InChI is InChI=1S/C14H16F3NO3/c1-4-8(2)12-10(7-18-14(15,16)17)5-9(13(19)20)6-11(12)21-3/h5-7,18H,4H2,1-3H3,(H,19,20)/b10-7-,12-8-. The smallest absolute Gasteiger partial charge is 0.481 e. The zero-order valence-corrected chi connectivity index (χ0v) is 11.8. The number of benzene rings is 1. The van der Waals surface area contributed by atoms with Gasteiger partial charge in [-0.1, -0.05) is 12.5 Å². The lowest BCUT2D eigenvalue weighted by atomic mass is 10.1. The number of ether oxygens (including phenoxy) is 1. The number of carboxylic acid groups (broad SMARTS) is 1. The fraction of sp³-hybridized carbons (Fsp3) is 0.357. The highest BCUT2D eigenvalue weighted by atomic mass is 19.4. The first-order valence-electron chi connectivity index (χ1n) is 6.15. The molecule has 0 saturated carbocycles. The van der Waals surface area contributed by atoms with Crippen molar-refractivity contribution in [2.24, 2.45) is 0 Å². The molecular formula is C14H16F3NO3. The number of hydrogen-bond acceptors (Lipinski definition) is 3. The molecule has 1 aromatic rings. The molecule has 0 fully saturated rings. The molecule has 0 aliphatic rings. The molecule has 0 bridgehead atoms. The van der Waals surface area contributed by atoms with Gasteiger partial charge < -0.3 is 15.2 Å². The number of rotatable bonds is 4. The molecule has 1 aromatic carbocycles. The predicted octanol–water partition coefficient (Wildman–Crippen LogP) is 1.82. The lowest BCUT2D eigenvalue weighted by Gasteiger charge is -2.09. The Balaban J connectivity index is 3.73. The maximum absolute atomic E-state index is 12.3. The Morgan fingerprint density at radius 1 is 1.43 bits per heavy atom. The van der Waals surface area contributed by atoms with Gasteiger partial charge in [-0.2, -0.15) is 13.2 Å². The second kappa shape index (κ2) is 6.51. The van der Waals surface area contributed by atoms with E-state index in [4.69, 9.17) is 9.84 Å². The minimum absolute atomic E-state index is 0.114. The van der Waals surface area contributed by atoms with Crippen LogP contribution in [0.15, 0.2) is 12.1 Å². The van der Waals surface area contributed by atoms with E-state index in [0.717, 1.165) is 11.8 Å². The Morgan fingerprint density at radius 2 is 2.05 bits per heavy atom. The molecule has 0 aromatic heterocycles. The minimum Gasteiger partial charge on any atom is -0.496 e. The number of hydrogen-bond donors (Lipinski definition) is 2. The molecule has 2 N–H and O–H groups in total. The van der Waals surface area contributed by atoms with Crippen molar-refractivity contribution in [2.45, 2.75) is 26.6 Å². The van der Waals surface area contributed by atoms with Gasteiger partial charge in [0.25, 0.3) is 0 Å². The summed E-state index contributed by atoms with van der Waals surface area (Å²) in [5, 5.41) is 10.9. The first-order valence-corrected chi connectivity index (χ1v) is 6.15. The second-order valence-corrected chi connectivity index (χ2v) is 4.37. The highest BCUT2D eigenvalue weighted by Crippen LogP contribution is 2.10. The van der Waals surface area contributed by atoms with E-state index in [1.165, 1.54) is 24.6 Å². The largest absolute Gasteiger partial charge is 0.496 e. The highest BCUT2D eigenvalue weighted by Gasteiger charge is 2.24. The molecule has 0 unspecified atom stereocenters. The quantitative estimate of drug-likeness (QED) is 0.833. The Hall–Kier alpha value is -2.18. The van der Waals surface area contributed by atoms with Crippen molar-refractivity contribution in [1.29, 1.82) is 0 Å². The zero-order chi connectivity index (χ0) is 16.2. The van der Waals surface area contributed by atoms with Crippen LogP contribution in [0.1, 0.15) is 30.6 Å². The van der Waals surface area contributed by atoms with Crippen molar-refractivity contribution < 1.29 is 27.8 Å². The number of carbonyl (C=O) groups is 1. The van der Waals surface area contributed by atoms with Crippen LogP contribution < -0.4 is 20.5 Å². The van der Waals surface area contributed by atoms with Crippen LogP contribution in [0.3, 0.4) is 0 Å². The van der Waals surface area contributed by atoms with Crippen molar-refractivity contribution in [3.63, 3.8) is 0 Å². The van der Waals surface area contributed by atoms with Crippen LogP contribution in [0.4, 0.5) is 13.2 Å². The van der Waals surface area contributed by atoms with Crippen LogP contribution >= 0.6 is 0 Å². The van der Waals surface area contributed by atoms with E-state index < -0.39 is 12.3 Å². The van der Waals surface area contributed by atoms with Crippen LogP contribution in [-0.4, -0.2) is 24.5 Å². The number of methoxy groups -OCH3 is 1. The van der Waals surface area contributed by atoms with Crippen LogP contribution in [0, 0.1) is 0 Å². The molecule has 0 saturated heterocycles. The molecule has 0 radical (unpaired) electrons. The molecule has 0 amide bonds. The summed E-state index contributed by atoms with van der Waals surface area (Å²) in [6.45, 7) is 3.60. The summed E-state index contributed by atoms with van der Waals surface area (Å²) < 4.78 is 42.0. The molecule has 0 aliphatic carbocycles. The number of aromatic carboxylic acids is 1. The fourth-order valence-corrected chi connectivity index (χ4v) is 1.83. The third kappa shape index (κ3) is 4.40. The van der Waals surface area contributed by atoms with Gasteiger partial charge in [-0.15, -0.1) is 0 Å². The van der Waals surface area contributed by atoms with E-state index in [9.17, 15) is 18.0 Å². The summed E-state index contributed by atoms with van der Waals surface area (Å²) in [5.74, 6) is -1.01. The summed E-state index contributed by atoms with van der Waals surface area (Å²) in [6.07, 6.45) is -3.26. The SMILES string of the molecule is CC/C(C)=c1\c(OC)cc(C(=O)O)c\c1=C\NC(F)(F)F. The van der Waals surface area contributed by atoms with Crippen molar-refractivity contribution in [3.8, 4) is 5.75 Å². The monoisotopic (exact) mass is 303 g/mol. The molecule has 7 heteroatoms. The van der Waals surface area contributed by atoms with E-state index >= 15 is 0 Å². The normalized spacial score (nSPS) is 13.9. The van der Waals surface area contributed by atoms with Gasteiger partial charge in [-0.05, 0) is 25.5 Å². The summed E-state index contributed by atoms with van der Waals surface area (Å²) >= 11 is 0.